The summed E-state index contributed by atoms with van der Waals surface area (Å²) in [6.45, 7) is 0. The Balaban J connectivity index is 1.54. The third-order valence-corrected chi connectivity index (χ3v) is 4.90. The summed E-state index contributed by atoms with van der Waals surface area (Å²) in [5.41, 5.74) is 1.05. The molecule has 2 atom stereocenters. The van der Waals surface area contributed by atoms with Crippen LogP contribution in [-0.4, -0.2) is 23.2 Å². The van der Waals surface area contributed by atoms with Crippen LogP contribution in [0.2, 0.25) is 0 Å². The van der Waals surface area contributed by atoms with E-state index in [1.54, 1.807) is 11.3 Å². The van der Waals surface area contributed by atoms with Crippen molar-refractivity contribution < 1.29 is 4.74 Å². The summed E-state index contributed by atoms with van der Waals surface area (Å²) in [5.74, 6) is 0. The maximum Gasteiger partial charge on any atom is 0.274 e. The van der Waals surface area contributed by atoms with Crippen LogP contribution in [0.25, 0.3) is 10.2 Å². The Morgan fingerprint density at radius 2 is 1.94 bits per heavy atom. The Hall–Kier alpha value is -1.13. The molecular weight excluding hydrogens is 244 g/mol. The lowest BCUT2D eigenvalue weighted by Gasteiger charge is -2.28. The molecule has 0 spiro atoms. The van der Waals surface area contributed by atoms with Crippen LogP contribution >= 0.6 is 11.3 Å². The van der Waals surface area contributed by atoms with Gasteiger partial charge >= 0.3 is 0 Å². The maximum absolute atomic E-state index is 6.09. The van der Waals surface area contributed by atoms with Gasteiger partial charge in [-0.1, -0.05) is 23.5 Å². The molecule has 1 N–H and O–H groups in total. The topological polar surface area (TPSA) is 34.1 Å². The average molecular weight is 260 g/mol. The lowest BCUT2D eigenvalue weighted by atomic mass is 10.0. The summed E-state index contributed by atoms with van der Waals surface area (Å²) < 4.78 is 7.30. The van der Waals surface area contributed by atoms with Crippen molar-refractivity contribution in [3.05, 3.63) is 24.3 Å². The molecule has 0 radical (unpaired) electrons. The van der Waals surface area contributed by atoms with Crippen molar-refractivity contribution in [3.63, 3.8) is 0 Å². The Kier molecular flexibility index (Phi) is 2.52. The van der Waals surface area contributed by atoms with Crippen molar-refractivity contribution in [2.45, 2.75) is 43.9 Å². The first-order valence-corrected chi connectivity index (χ1v) is 7.47. The van der Waals surface area contributed by atoms with Crippen LogP contribution in [0.1, 0.15) is 25.7 Å². The second kappa shape index (κ2) is 4.21. The molecule has 94 valence electrons. The average Bonchev–Trinajstić information content (AvgIpc) is 2.92. The molecule has 4 heteroatoms. The maximum atomic E-state index is 6.09. The molecule has 0 aliphatic carbocycles. The van der Waals surface area contributed by atoms with Crippen LogP contribution in [-0.2, 0) is 0 Å². The first-order chi connectivity index (χ1) is 8.87. The molecule has 2 saturated heterocycles. The number of ether oxygens (including phenoxy) is 1. The van der Waals surface area contributed by atoms with E-state index in [2.05, 4.69) is 22.4 Å². The number of hydrogen-bond acceptors (Lipinski definition) is 4. The van der Waals surface area contributed by atoms with Gasteiger partial charge < -0.3 is 10.1 Å². The Bertz CT molecular complexity index is 523. The van der Waals surface area contributed by atoms with Gasteiger partial charge in [0.05, 0.1) is 10.2 Å². The quantitative estimate of drug-likeness (QED) is 0.901. The number of hydrogen-bond donors (Lipinski definition) is 1. The van der Waals surface area contributed by atoms with Crippen molar-refractivity contribution in [3.8, 4) is 5.19 Å². The molecule has 18 heavy (non-hydrogen) atoms. The number of nitrogens with one attached hydrogen (secondary N) is 1. The van der Waals surface area contributed by atoms with Crippen molar-refractivity contribution in [1.29, 1.82) is 0 Å². The first kappa shape index (κ1) is 10.8. The van der Waals surface area contributed by atoms with E-state index < -0.39 is 0 Å². The normalized spacial score (nSPS) is 30.8. The SMILES string of the molecule is c1ccc2sc(OC3CC4CCC(C3)N4)nc2c1. The number of thiazole rings is 1. The van der Waals surface area contributed by atoms with E-state index in [1.165, 1.54) is 17.5 Å². The zero-order valence-electron chi connectivity index (χ0n) is 10.1. The van der Waals surface area contributed by atoms with Gasteiger partial charge in [-0.2, -0.15) is 0 Å². The fourth-order valence-electron chi connectivity index (χ4n) is 3.15. The molecule has 0 saturated carbocycles. The highest BCUT2D eigenvalue weighted by molar-refractivity contribution is 7.20. The molecule has 2 unspecified atom stereocenters. The molecular formula is C14H16N2OS. The Labute approximate surface area is 110 Å². The van der Waals surface area contributed by atoms with Crippen LogP contribution in [0.15, 0.2) is 24.3 Å². The molecule has 2 aliphatic rings. The van der Waals surface area contributed by atoms with Gasteiger partial charge in [0.2, 0.25) is 0 Å². The monoisotopic (exact) mass is 260 g/mol. The molecule has 3 nitrogen and oxygen atoms in total. The lowest BCUT2D eigenvalue weighted by Crippen LogP contribution is -2.42. The summed E-state index contributed by atoms with van der Waals surface area (Å²) in [4.78, 5) is 4.55. The van der Waals surface area contributed by atoms with Crippen molar-refractivity contribution in [1.82, 2.24) is 10.3 Å². The van der Waals surface area contributed by atoms with Crippen LogP contribution in [0.4, 0.5) is 0 Å². The highest BCUT2D eigenvalue weighted by Crippen LogP contribution is 2.33. The fraction of sp³-hybridized carbons (Fsp3) is 0.500. The molecule has 2 aliphatic heterocycles. The smallest absolute Gasteiger partial charge is 0.274 e. The van der Waals surface area contributed by atoms with Crippen molar-refractivity contribution in [2.75, 3.05) is 0 Å². The summed E-state index contributed by atoms with van der Waals surface area (Å²) in [6.07, 6.45) is 5.23. The lowest BCUT2D eigenvalue weighted by molar-refractivity contribution is 0.137. The minimum atomic E-state index is 0.351. The van der Waals surface area contributed by atoms with E-state index in [1.807, 2.05) is 12.1 Å². The largest absolute Gasteiger partial charge is 0.467 e. The van der Waals surface area contributed by atoms with Gasteiger partial charge in [0.15, 0.2) is 0 Å². The van der Waals surface area contributed by atoms with Gasteiger partial charge in [0, 0.05) is 12.1 Å². The molecule has 2 fully saturated rings. The van der Waals surface area contributed by atoms with Crippen molar-refractivity contribution in [2.24, 2.45) is 0 Å². The predicted octanol–water partition coefficient (Wildman–Crippen LogP) is 2.96. The van der Waals surface area contributed by atoms with Crippen LogP contribution < -0.4 is 10.1 Å². The van der Waals surface area contributed by atoms with E-state index in [0.29, 0.717) is 18.2 Å². The van der Waals surface area contributed by atoms with E-state index in [9.17, 15) is 0 Å². The second-order valence-corrected chi connectivity index (χ2v) is 6.29. The fourth-order valence-corrected chi connectivity index (χ4v) is 4.03. The van der Waals surface area contributed by atoms with E-state index in [0.717, 1.165) is 23.6 Å². The van der Waals surface area contributed by atoms with Crippen molar-refractivity contribution >= 4 is 21.6 Å². The molecule has 1 aromatic carbocycles. The highest BCUT2D eigenvalue weighted by Gasteiger charge is 2.34. The molecule has 0 amide bonds. The minimum Gasteiger partial charge on any atom is -0.467 e. The third kappa shape index (κ3) is 1.89. The van der Waals surface area contributed by atoms with Gasteiger partial charge in [-0.25, -0.2) is 4.98 Å². The number of para-hydroxylation sites is 1. The van der Waals surface area contributed by atoms with E-state index in [-0.39, 0.29) is 0 Å². The molecule has 4 rings (SSSR count). The third-order valence-electron chi connectivity index (χ3n) is 3.97. The summed E-state index contributed by atoms with van der Waals surface area (Å²) in [6, 6.07) is 9.56. The molecule has 2 aromatic rings. The Morgan fingerprint density at radius 3 is 2.72 bits per heavy atom. The second-order valence-electron chi connectivity index (χ2n) is 5.30. The Morgan fingerprint density at radius 1 is 1.17 bits per heavy atom. The number of fused-ring (bicyclic) bond motifs is 3. The van der Waals surface area contributed by atoms with Gasteiger partial charge in [0.1, 0.15) is 6.10 Å². The summed E-state index contributed by atoms with van der Waals surface area (Å²) in [7, 11) is 0. The predicted molar refractivity (Wildman–Crippen MR) is 73.2 cm³/mol. The summed E-state index contributed by atoms with van der Waals surface area (Å²) >= 11 is 1.66. The summed E-state index contributed by atoms with van der Waals surface area (Å²) in [5, 5.41) is 4.47. The number of nitrogens with zero attached hydrogens (tertiary/aromatic N) is 1. The van der Waals surface area contributed by atoms with Gasteiger partial charge in [-0.15, -0.1) is 0 Å². The molecule has 3 heterocycles. The van der Waals surface area contributed by atoms with E-state index >= 15 is 0 Å². The zero-order chi connectivity index (χ0) is 11.9. The number of piperidine rings is 1. The standard InChI is InChI=1S/C14H16N2OS/c1-2-4-13-12(3-1)16-14(18-13)17-11-7-9-5-6-10(8-11)15-9/h1-4,9-11,15H,5-8H2. The van der Waals surface area contributed by atoms with Crippen LogP contribution in [0, 0.1) is 0 Å². The molecule has 1 aromatic heterocycles. The van der Waals surface area contributed by atoms with Gasteiger partial charge in [0.25, 0.3) is 5.19 Å². The minimum absolute atomic E-state index is 0.351. The number of aromatic nitrogens is 1. The molecule has 2 bridgehead atoms. The number of rotatable bonds is 2. The first-order valence-electron chi connectivity index (χ1n) is 6.65. The van der Waals surface area contributed by atoms with Crippen LogP contribution in [0.3, 0.4) is 0 Å². The zero-order valence-corrected chi connectivity index (χ0v) is 11.0. The van der Waals surface area contributed by atoms with Gasteiger partial charge in [-0.3, -0.25) is 0 Å². The highest BCUT2D eigenvalue weighted by atomic mass is 32.1. The number of benzene rings is 1. The van der Waals surface area contributed by atoms with Gasteiger partial charge in [-0.05, 0) is 37.8 Å². The van der Waals surface area contributed by atoms with E-state index in [4.69, 9.17) is 4.74 Å². The van der Waals surface area contributed by atoms with Crippen LogP contribution in [0.5, 0.6) is 5.19 Å².